The summed E-state index contributed by atoms with van der Waals surface area (Å²) in [6.45, 7) is 4.34. The number of carbonyl (C=O) groups is 2. The third-order valence-electron chi connectivity index (χ3n) is 3.46. The Labute approximate surface area is 109 Å². The largest absolute Gasteiger partial charge is 0.354 e. The van der Waals surface area contributed by atoms with E-state index in [1.807, 2.05) is 6.92 Å². The van der Waals surface area contributed by atoms with Gasteiger partial charge in [0.05, 0.1) is 5.92 Å². The minimum absolute atomic E-state index is 0.0651. The standard InChI is InChI=1S/C13H25N3O2/c1-3-8-15-12(17)9(2)16-13(18)10-6-4-5-7-11(10)14/h9-11H,3-8,14H2,1-2H3,(H,15,17)(H,16,18). The minimum Gasteiger partial charge on any atom is -0.354 e. The first-order valence-corrected chi connectivity index (χ1v) is 6.90. The van der Waals surface area contributed by atoms with Crippen LogP contribution in [0.5, 0.6) is 0 Å². The highest BCUT2D eigenvalue weighted by Crippen LogP contribution is 2.23. The number of hydrogen-bond acceptors (Lipinski definition) is 3. The van der Waals surface area contributed by atoms with Crippen molar-refractivity contribution in [3.63, 3.8) is 0 Å². The van der Waals surface area contributed by atoms with Crippen molar-refractivity contribution < 1.29 is 9.59 Å². The Morgan fingerprint density at radius 2 is 2.00 bits per heavy atom. The van der Waals surface area contributed by atoms with Gasteiger partial charge < -0.3 is 16.4 Å². The van der Waals surface area contributed by atoms with Crippen molar-refractivity contribution in [3.05, 3.63) is 0 Å². The number of nitrogens with two attached hydrogens (primary N) is 1. The van der Waals surface area contributed by atoms with E-state index in [9.17, 15) is 9.59 Å². The summed E-state index contributed by atoms with van der Waals surface area (Å²) >= 11 is 0. The van der Waals surface area contributed by atoms with Crippen LogP contribution in [-0.2, 0) is 9.59 Å². The van der Waals surface area contributed by atoms with Gasteiger partial charge in [0.25, 0.3) is 0 Å². The summed E-state index contributed by atoms with van der Waals surface area (Å²) < 4.78 is 0. The monoisotopic (exact) mass is 255 g/mol. The average Bonchev–Trinajstić information content (AvgIpc) is 2.36. The molecule has 1 saturated carbocycles. The van der Waals surface area contributed by atoms with Crippen LogP contribution in [0.2, 0.25) is 0 Å². The Morgan fingerprint density at radius 1 is 1.33 bits per heavy atom. The lowest BCUT2D eigenvalue weighted by atomic mass is 9.84. The zero-order valence-corrected chi connectivity index (χ0v) is 11.4. The summed E-state index contributed by atoms with van der Waals surface area (Å²) in [7, 11) is 0. The second kappa shape index (κ2) is 7.36. The Kier molecular flexibility index (Phi) is 6.12. The molecule has 0 heterocycles. The summed E-state index contributed by atoms with van der Waals surface area (Å²) in [6, 6.07) is -0.553. The molecule has 0 aromatic carbocycles. The first-order valence-electron chi connectivity index (χ1n) is 6.90. The van der Waals surface area contributed by atoms with Gasteiger partial charge in [-0.15, -0.1) is 0 Å². The molecule has 18 heavy (non-hydrogen) atoms. The SMILES string of the molecule is CCCNC(=O)C(C)NC(=O)C1CCCCC1N. The van der Waals surface area contributed by atoms with Gasteiger partial charge in [-0.25, -0.2) is 0 Å². The Hall–Kier alpha value is -1.10. The molecule has 0 radical (unpaired) electrons. The molecule has 0 aliphatic heterocycles. The predicted octanol–water partition coefficient (Wildman–Crippen LogP) is 0.535. The van der Waals surface area contributed by atoms with E-state index in [-0.39, 0.29) is 23.8 Å². The van der Waals surface area contributed by atoms with Crippen LogP contribution in [0.25, 0.3) is 0 Å². The molecule has 1 aliphatic carbocycles. The molecule has 1 aliphatic rings. The molecule has 5 nitrogen and oxygen atoms in total. The molecule has 0 saturated heterocycles. The Bertz CT molecular complexity index is 294. The second-order valence-corrected chi connectivity index (χ2v) is 5.08. The normalized spacial score (nSPS) is 25.3. The fourth-order valence-corrected chi connectivity index (χ4v) is 2.27. The average molecular weight is 255 g/mol. The number of rotatable bonds is 5. The van der Waals surface area contributed by atoms with Crippen LogP contribution in [0.4, 0.5) is 0 Å². The first-order chi connectivity index (χ1) is 8.56. The molecule has 3 unspecified atom stereocenters. The van der Waals surface area contributed by atoms with Crippen molar-refractivity contribution in [3.8, 4) is 0 Å². The van der Waals surface area contributed by atoms with Crippen LogP contribution in [0, 0.1) is 5.92 Å². The van der Waals surface area contributed by atoms with Gasteiger partial charge in [0.1, 0.15) is 6.04 Å². The second-order valence-electron chi connectivity index (χ2n) is 5.08. The van der Waals surface area contributed by atoms with E-state index < -0.39 is 6.04 Å². The highest BCUT2D eigenvalue weighted by Gasteiger charge is 2.29. The lowest BCUT2D eigenvalue weighted by Crippen LogP contribution is -2.50. The van der Waals surface area contributed by atoms with Crippen molar-refractivity contribution >= 4 is 11.8 Å². The van der Waals surface area contributed by atoms with Crippen molar-refractivity contribution in [2.45, 2.75) is 58.0 Å². The van der Waals surface area contributed by atoms with E-state index in [0.29, 0.717) is 6.54 Å². The zero-order chi connectivity index (χ0) is 13.5. The summed E-state index contributed by atoms with van der Waals surface area (Å²) in [4.78, 5) is 23.7. The molecule has 0 spiro atoms. The van der Waals surface area contributed by atoms with Crippen molar-refractivity contribution in [2.24, 2.45) is 11.7 Å². The van der Waals surface area contributed by atoms with Gasteiger partial charge in [-0.1, -0.05) is 19.8 Å². The Morgan fingerprint density at radius 3 is 2.61 bits per heavy atom. The van der Waals surface area contributed by atoms with Crippen LogP contribution in [0.15, 0.2) is 0 Å². The molecule has 2 amide bonds. The fraction of sp³-hybridized carbons (Fsp3) is 0.846. The van der Waals surface area contributed by atoms with Gasteiger partial charge >= 0.3 is 0 Å². The van der Waals surface area contributed by atoms with Crippen LogP contribution in [0.3, 0.4) is 0 Å². The molecular weight excluding hydrogens is 230 g/mol. The predicted molar refractivity (Wildman–Crippen MR) is 70.8 cm³/mol. The highest BCUT2D eigenvalue weighted by molar-refractivity contribution is 5.88. The molecule has 3 atom stereocenters. The molecule has 1 fully saturated rings. The third-order valence-corrected chi connectivity index (χ3v) is 3.46. The van der Waals surface area contributed by atoms with E-state index in [1.54, 1.807) is 6.92 Å². The lowest BCUT2D eigenvalue weighted by molar-refractivity contribution is -0.131. The maximum atomic E-state index is 12.0. The van der Waals surface area contributed by atoms with Gasteiger partial charge in [-0.05, 0) is 26.2 Å². The van der Waals surface area contributed by atoms with E-state index >= 15 is 0 Å². The molecule has 1 rings (SSSR count). The van der Waals surface area contributed by atoms with Crippen molar-refractivity contribution in [1.82, 2.24) is 10.6 Å². The van der Waals surface area contributed by atoms with Crippen LogP contribution < -0.4 is 16.4 Å². The number of carbonyl (C=O) groups excluding carboxylic acids is 2. The van der Waals surface area contributed by atoms with Crippen LogP contribution in [0.1, 0.15) is 46.0 Å². The molecule has 104 valence electrons. The zero-order valence-electron chi connectivity index (χ0n) is 11.4. The maximum Gasteiger partial charge on any atom is 0.242 e. The number of hydrogen-bond donors (Lipinski definition) is 3. The first kappa shape index (κ1) is 15.0. The van der Waals surface area contributed by atoms with E-state index in [2.05, 4.69) is 10.6 Å². The molecule has 0 aromatic heterocycles. The molecule has 4 N–H and O–H groups in total. The van der Waals surface area contributed by atoms with Crippen molar-refractivity contribution in [2.75, 3.05) is 6.54 Å². The van der Waals surface area contributed by atoms with E-state index in [0.717, 1.165) is 32.1 Å². The van der Waals surface area contributed by atoms with Gasteiger partial charge in [-0.2, -0.15) is 0 Å². The van der Waals surface area contributed by atoms with Crippen molar-refractivity contribution in [1.29, 1.82) is 0 Å². The Balaban J connectivity index is 2.40. The van der Waals surface area contributed by atoms with Gasteiger partial charge in [0, 0.05) is 12.6 Å². The number of nitrogens with one attached hydrogen (secondary N) is 2. The molecule has 0 aromatic rings. The highest BCUT2D eigenvalue weighted by atomic mass is 16.2. The quantitative estimate of drug-likeness (QED) is 0.670. The summed E-state index contributed by atoms with van der Waals surface area (Å²) in [5.41, 5.74) is 5.95. The number of amides is 2. The topological polar surface area (TPSA) is 84.2 Å². The van der Waals surface area contributed by atoms with Crippen LogP contribution >= 0.6 is 0 Å². The maximum absolute atomic E-state index is 12.0. The smallest absolute Gasteiger partial charge is 0.242 e. The van der Waals surface area contributed by atoms with E-state index in [4.69, 9.17) is 5.73 Å². The van der Waals surface area contributed by atoms with Gasteiger partial charge in [-0.3, -0.25) is 9.59 Å². The van der Waals surface area contributed by atoms with E-state index in [1.165, 1.54) is 0 Å². The van der Waals surface area contributed by atoms with Crippen LogP contribution in [-0.4, -0.2) is 30.4 Å². The summed E-state index contributed by atoms with van der Waals surface area (Å²) in [6.07, 6.45) is 4.75. The third kappa shape index (κ3) is 4.29. The molecule has 5 heteroatoms. The van der Waals surface area contributed by atoms with Gasteiger partial charge in [0.2, 0.25) is 11.8 Å². The van der Waals surface area contributed by atoms with Gasteiger partial charge in [0.15, 0.2) is 0 Å². The summed E-state index contributed by atoms with van der Waals surface area (Å²) in [5, 5.41) is 5.52. The molecule has 0 bridgehead atoms. The minimum atomic E-state index is -0.488. The lowest BCUT2D eigenvalue weighted by Gasteiger charge is -2.28. The summed E-state index contributed by atoms with van der Waals surface area (Å²) in [5.74, 6) is -0.351. The molecular formula is C13H25N3O2. The fourth-order valence-electron chi connectivity index (χ4n) is 2.27.